The Morgan fingerprint density at radius 3 is 2.78 bits per heavy atom. The van der Waals surface area contributed by atoms with Gasteiger partial charge in [-0.25, -0.2) is 0 Å². The van der Waals surface area contributed by atoms with E-state index in [2.05, 4.69) is 0 Å². The van der Waals surface area contributed by atoms with Gasteiger partial charge in [0.05, 0.1) is 19.6 Å². The van der Waals surface area contributed by atoms with Gasteiger partial charge in [0, 0.05) is 11.6 Å². The summed E-state index contributed by atoms with van der Waals surface area (Å²) in [5.74, 6) is 1.31. The first-order valence-electron chi connectivity index (χ1n) is 5.96. The smallest absolute Gasteiger partial charge is 0.210 e. The first-order valence-corrected chi connectivity index (χ1v) is 5.96. The Labute approximate surface area is 105 Å². The Hall–Kier alpha value is -1.81. The zero-order valence-electron chi connectivity index (χ0n) is 10.1. The number of allylic oxidation sites excluding steroid dienone is 1. The SMILES string of the molecule is COc1ccc(C2=CC(=O)[C@@H]3CCO[C@H]3O2)cc1. The topological polar surface area (TPSA) is 44.8 Å². The molecule has 0 bridgehead atoms. The molecule has 2 aliphatic heterocycles. The van der Waals surface area contributed by atoms with Crippen molar-refractivity contribution in [1.29, 1.82) is 0 Å². The van der Waals surface area contributed by atoms with Gasteiger partial charge < -0.3 is 14.2 Å². The van der Waals surface area contributed by atoms with Crippen LogP contribution in [0.3, 0.4) is 0 Å². The summed E-state index contributed by atoms with van der Waals surface area (Å²) in [5, 5.41) is 0. The molecule has 4 heteroatoms. The summed E-state index contributed by atoms with van der Waals surface area (Å²) in [4.78, 5) is 11.9. The highest BCUT2D eigenvalue weighted by Crippen LogP contribution is 2.33. The van der Waals surface area contributed by atoms with E-state index >= 15 is 0 Å². The summed E-state index contributed by atoms with van der Waals surface area (Å²) < 4.78 is 16.2. The molecule has 2 aliphatic rings. The van der Waals surface area contributed by atoms with Gasteiger partial charge in [0.15, 0.2) is 5.78 Å². The number of ketones is 1. The van der Waals surface area contributed by atoms with Gasteiger partial charge in [0.2, 0.25) is 6.29 Å². The van der Waals surface area contributed by atoms with Crippen molar-refractivity contribution in [2.75, 3.05) is 13.7 Å². The van der Waals surface area contributed by atoms with Crippen LogP contribution in [0, 0.1) is 5.92 Å². The molecule has 0 unspecified atom stereocenters. The maximum atomic E-state index is 11.9. The fourth-order valence-corrected chi connectivity index (χ4v) is 2.26. The van der Waals surface area contributed by atoms with E-state index in [1.165, 1.54) is 0 Å². The third-order valence-corrected chi connectivity index (χ3v) is 3.30. The quantitative estimate of drug-likeness (QED) is 0.800. The minimum Gasteiger partial charge on any atom is -0.497 e. The zero-order chi connectivity index (χ0) is 12.5. The first-order chi connectivity index (χ1) is 8.78. The maximum absolute atomic E-state index is 11.9. The normalized spacial score (nSPS) is 26.3. The molecular weight excluding hydrogens is 232 g/mol. The number of carbonyl (C=O) groups is 1. The number of carbonyl (C=O) groups excluding carboxylic acids is 1. The van der Waals surface area contributed by atoms with Gasteiger partial charge >= 0.3 is 0 Å². The summed E-state index contributed by atoms with van der Waals surface area (Å²) in [6.07, 6.45) is 1.90. The van der Waals surface area contributed by atoms with E-state index < -0.39 is 6.29 Å². The van der Waals surface area contributed by atoms with Gasteiger partial charge in [0.25, 0.3) is 0 Å². The molecule has 18 heavy (non-hydrogen) atoms. The predicted molar refractivity (Wildman–Crippen MR) is 64.9 cm³/mol. The molecule has 1 fully saturated rings. The van der Waals surface area contributed by atoms with E-state index in [0.717, 1.165) is 17.7 Å². The van der Waals surface area contributed by atoms with Crippen LogP contribution in [-0.2, 0) is 14.3 Å². The second kappa shape index (κ2) is 4.46. The van der Waals surface area contributed by atoms with Crippen molar-refractivity contribution < 1.29 is 19.0 Å². The average molecular weight is 246 g/mol. The van der Waals surface area contributed by atoms with Crippen LogP contribution in [0.1, 0.15) is 12.0 Å². The lowest BCUT2D eigenvalue weighted by atomic mass is 9.98. The van der Waals surface area contributed by atoms with Crippen molar-refractivity contribution in [2.45, 2.75) is 12.7 Å². The van der Waals surface area contributed by atoms with Crippen LogP contribution in [0.15, 0.2) is 30.3 Å². The minimum atomic E-state index is -0.417. The van der Waals surface area contributed by atoms with Crippen molar-refractivity contribution >= 4 is 11.5 Å². The maximum Gasteiger partial charge on any atom is 0.210 e. The molecule has 94 valence electrons. The molecule has 4 nitrogen and oxygen atoms in total. The number of hydrogen-bond donors (Lipinski definition) is 0. The molecule has 0 spiro atoms. The van der Waals surface area contributed by atoms with Crippen molar-refractivity contribution in [3.63, 3.8) is 0 Å². The second-order valence-corrected chi connectivity index (χ2v) is 4.39. The highest BCUT2D eigenvalue weighted by atomic mass is 16.7. The average Bonchev–Trinajstić information content (AvgIpc) is 2.88. The van der Waals surface area contributed by atoms with Crippen LogP contribution in [-0.4, -0.2) is 25.8 Å². The van der Waals surface area contributed by atoms with Gasteiger partial charge in [-0.1, -0.05) is 0 Å². The highest BCUT2D eigenvalue weighted by Gasteiger charge is 2.38. The molecule has 1 saturated heterocycles. The van der Waals surface area contributed by atoms with Crippen LogP contribution < -0.4 is 4.74 Å². The molecule has 0 aromatic heterocycles. The van der Waals surface area contributed by atoms with Crippen LogP contribution >= 0.6 is 0 Å². The lowest BCUT2D eigenvalue weighted by Gasteiger charge is -2.24. The van der Waals surface area contributed by atoms with E-state index in [9.17, 15) is 4.79 Å². The number of rotatable bonds is 2. The molecule has 0 aliphatic carbocycles. The monoisotopic (exact) mass is 246 g/mol. The van der Waals surface area contributed by atoms with E-state index in [1.807, 2.05) is 24.3 Å². The Kier molecular flexibility index (Phi) is 2.80. The van der Waals surface area contributed by atoms with E-state index in [0.29, 0.717) is 12.4 Å². The molecule has 2 atom stereocenters. The zero-order valence-corrected chi connectivity index (χ0v) is 10.1. The van der Waals surface area contributed by atoms with Crippen molar-refractivity contribution in [3.05, 3.63) is 35.9 Å². The Morgan fingerprint density at radius 1 is 1.28 bits per heavy atom. The number of methoxy groups -OCH3 is 1. The van der Waals surface area contributed by atoms with Crippen LogP contribution in [0.5, 0.6) is 5.75 Å². The third kappa shape index (κ3) is 1.88. The lowest BCUT2D eigenvalue weighted by Crippen LogP contribution is -2.29. The molecule has 0 radical (unpaired) electrons. The largest absolute Gasteiger partial charge is 0.497 e. The molecule has 0 saturated carbocycles. The lowest BCUT2D eigenvalue weighted by molar-refractivity contribution is -0.133. The molecule has 1 aromatic rings. The Morgan fingerprint density at radius 2 is 2.06 bits per heavy atom. The van der Waals surface area contributed by atoms with E-state index in [1.54, 1.807) is 13.2 Å². The van der Waals surface area contributed by atoms with E-state index in [-0.39, 0.29) is 11.7 Å². The van der Waals surface area contributed by atoms with Gasteiger partial charge in [-0.2, -0.15) is 0 Å². The summed E-state index contributed by atoms with van der Waals surface area (Å²) in [6, 6.07) is 7.41. The molecule has 3 rings (SSSR count). The molecule has 1 aromatic carbocycles. The standard InChI is InChI=1S/C14H14O4/c1-16-10-4-2-9(3-5-10)13-8-12(15)11-6-7-17-14(11)18-13/h2-5,8,11,14H,6-7H2,1H3/t11-,14-/m0/s1. The highest BCUT2D eigenvalue weighted by molar-refractivity contribution is 5.98. The number of benzene rings is 1. The summed E-state index contributed by atoms with van der Waals surface area (Å²) in [7, 11) is 1.62. The second-order valence-electron chi connectivity index (χ2n) is 4.39. The first kappa shape index (κ1) is 11.3. The van der Waals surface area contributed by atoms with E-state index in [4.69, 9.17) is 14.2 Å². The van der Waals surface area contributed by atoms with Crippen molar-refractivity contribution in [1.82, 2.24) is 0 Å². The molecular formula is C14H14O4. The summed E-state index contributed by atoms with van der Waals surface area (Å²) in [6.45, 7) is 0.588. The Balaban J connectivity index is 1.87. The van der Waals surface area contributed by atoms with Gasteiger partial charge in [-0.05, 0) is 30.7 Å². The third-order valence-electron chi connectivity index (χ3n) is 3.30. The van der Waals surface area contributed by atoms with Gasteiger partial charge in [-0.15, -0.1) is 0 Å². The van der Waals surface area contributed by atoms with Crippen LogP contribution in [0.4, 0.5) is 0 Å². The Bertz CT molecular complexity index is 489. The van der Waals surface area contributed by atoms with Crippen molar-refractivity contribution in [2.24, 2.45) is 5.92 Å². The molecule has 0 N–H and O–H groups in total. The summed E-state index contributed by atoms with van der Waals surface area (Å²) >= 11 is 0. The number of hydrogen-bond acceptors (Lipinski definition) is 4. The fourth-order valence-electron chi connectivity index (χ4n) is 2.26. The number of fused-ring (bicyclic) bond motifs is 1. The molecule has 2 heterocycles. The van der Waals surface area contributed by atoms with Gasteiger partial charge in [-0.3, -0.25) is 4.79 Å². The molecule has 0 amide bonds. The fraction of sp³-hybridized carbons (Fsp3) is 0.357. The summed E-state index contributed by atoms with van der Waals surface area (Å²) in [5.41, 5.74) is 0.859. The van der Waals surface area contributed by atoms with Crippen molar-refractivity contribution in [3.8, 4) is 5.75 Å². The van der Waals surface area contributed by atoms with Crippen LogP contribution in [0.2, 0.25) is 0 Å². The minimum absolute atomic E-state index is 0.0922. The number of ether oxygens (including phenoxy) is 3. The van der Waals surface area contributed by atoms with Crippen LogP contribution in [0.25, 0.3) is 5.76 Å². The predicted octanol–water partition coefficient (Wildman–Crippen LogP) is 2.00. The van der Waals surface area contributed by atoms with Gasteiger partial charge in [0.1, 0.15) is 11.5 Å².